The molecule has 2 aromatic heterocycles. The Balaban J connectivity index is 0.000000232. The van der Waals surface area contributed by atoms with Crippen molar-refractivity contribution in [3.05, 3.63) is 84.9 Å². The SMILES string of the molecule is ClC[C@H]1CO1.O=CO[O-].Oc1cccc2[nH]c3ccccc3c12.[H-].[K+].[K+].c1ccc2c(c1)[nH]c1cccc(OC[C@@H]3CO3)c12. The number of H-pyrrole nitrogens is 2. The summed E-state index contributed by atoms with van der Waals surface area (Å²) < 4.78 is 15.8. The first-order valence-corrected chi connectivity index (χ1v) is 13.5. The van der Waals surface area contributed by atoms with Crippen LogP contribution in [0.15, 0.2) is 84.9 Å². The number of nitrogens with one attached hydrogen (secondary N) is 2. The largest absolute Gasteiger partial charge is 1.00 e. The van der Waals surface area contributed by atoms with Gasteiger partial charge in [0.25, 0.3) is 6.47 Å². The van der Waals surface area contributed by atoms with Crippen molar-refractivity contribution in [2.45, 2.75) is 12.2 Å². The Morgan fingerprint density at radius 3 is 1.81 bits per heavy atom. The summed E-state index contributed by atoms with van der Waals surface area (Å²) in [6.45, 7) is 2.16. The van der Waals surface area contributed by atoms with Gasteiger partial charge < -0.3 is 40.9 Å². The second-order valence-electron chi connectivity index (χ2n) is 9.29. The van der Waals surface area contributed by atoms with E-state index >= 15 is 0 Å². The third-order valence-corrected chi connectivity index (χ3v) is 6.79. The van der Waals surface area contributed by atoms with E-state index in [2.05, 4.69) is 39.1 Å². The van der Waals surface area contributed by atoms with Gasteiger partial charge in [-0.1, -0.05) is 48.5 Å². The van der Waals surface area contributed by atoms with Gasteiger partial charge in [0.1, 0.15) is 24.2 Å². The van der Waals surface area contributed by atoms with Gasteiger partial charge in [-0.3, -0.25) is 4.79 Å². The number of aromatic amines is 2. The predicted molar refractivity (Wildman–Crippen MR) is 157 cm³/mol. The maximum absolute atomic E-state index is 9.74. The molecular weight excluding hydrogens is 626 g/mol. The van der Waals surface area contributed by atoms with E-state index in [1.165, 1.54) is 5.39 Å². The summed E-state index contributed by atoms with van der Waals surface area (Å²) in [5.41, 5.74) is 4.30. The Morgan fingerprint density at radius 2 is 1.30 bits per heavy atom. The van der Waals surface area contributed by atoms with Crippen molar-refractivity contribution in [1.82, 2.24) is 9.97 Å². The maximum atomic E-state index is 9.74. The molecular formula is C31H29ClK2N2O7. The first-order chi connectivity index (χ1) is 20.1. The molecule has 8 rings (SSSR count). The standard InChI is InChI=1S/C15H13NO2.C12H9NO.C3H5ClO.CH2O3.2K.H/c1-2-5-12-11(4-1)15-13(16-12)6-3-7-14(15)18-9-10-8-17-10;14-11-7-3-6-10-12(11)8-4-1-2-5-9(8)13-10;4-1-3-2-5-3;2-1-4-3;;;/h1-7,10,16H,8-9H2;1-7,13-14H;3H,1-2H2;1,3H;;;/q;;;;2*+1;-1/p-1/t10-;;3-;;;;/m0.0..../s1. The molecule has 9 nitrogen and oxygen atoms in total. The number of aromatic nitrogens is 2. The van der Waals surface area contributed by atoms with Crippen LogP contribution in [-0.4, -0.2) is 59.5 Å². The van der Waals surface area contributed by atoms with Crippen molar-refractivity contribution in [2.75, 3.05) is 25.7 Å². The number of hydrogen-bond donors (Lipinski definition) is 3. The second-order valence-corrected chi connectivity index (χ2v) is 9.60. The van der Waals surface area contributed by atoms with Crippen LogP contribution < -0.4 is 113 Å². The van der Waals surface area contributed by atoms with Crippen molar-refractivity contribution < 1.29 is 138 Å². The first kappa shape index (κ1) is 36.5. The van der Waals surface area contributed by atoms with Crippen molar-refractivity contribution in [1.29, 1.82) is 0 Å². The third-order valence-electron chi connectivity index (χ3n) is 6.44. The van der Waals surface area contributed by atoms with Crippen LogP contribution in [-0.2, 0) is 19.2 Å². The van der Waals surface area contributed by atoms with Crippen LogP contribution in [0, 0.1) is 0 Å². The summed E-state index contributed by atoms with van der Waals surface area (Å²) in [5, 5.41) is 22.5. The molecule has 2 atom stereocenters. The molecule has 43 heavy (non-hydrogen) atoms. The summed E-state index contributed by atoms with van der Waals surface area (Å²) in [4.78, 5) is 17.9. The average molecular weight is 655 g/mol. The fraction of sp³-hybridized carbons (Fsp3) is 0.194. The monoisotopic (exact) mass is 654 g/mol. The number of benzene rings is 4. The minimum atomic E-state index is -0.181. The fourth-order valence-electron chi connectivity index (χ4n) is 4.38. The Labute approximate surface area is 339 Å². The number of alkyl halides is 1. The molecule has 2 saturated heterocycles. The number of halogens is 1. The molecule has 0 saturated carbocycles. The molecule has 2 aliphatic rings. The Morgan fingerprint density at radius 1 is 0.814 bits per heavy atom. The van der Waals surface area contributed by atoms with Gasteiger partial charge in [-0.2, -0.15) is 0 Å². The molecule has 2 aliphatic heterocycles. The average Bonchev–Trinajstić information content (AvgIpc) is 3.94. The molecule has 6 aromatic rings. The van der Waals surface area contributed by atoms with E-state index in [1.807, 2.05) is 54.6 Å². The van der Waals surface area contributed by atoms with Gasteiger partial charge in [0.05, 0.1) is 36.2 Å². The van der Waals surface area contributed by atoms with Gasteiger partial charge in [0.15, 0.2) is 0 Å². The summed E-state index contributed by atoms with van der Waals surface area (Å²) >= 11 is 5.27. The van der Waals surface area contributed by atoms with Crippen molar-refractivity contribution in [3.63, 3.8) is 0 Å². The molecule has 12 heteroatoms. The van der Waals surface area contributed by atoms with Gasteiger partial charge in [-0.05, 0) is 36.4 Å². The van der Waals surface area contributed by atoms with Gasteiger partial charge in [0, 0.05) is 32.6 Å². The predicted octanol–water partition coefficient (Wildman–Crippen LogP) is -0.695. The smallest absolute Gasteiger partial charge is 1.00 e. The van der Waals surface area contributed by atoms with Crippen molar-refractivity contribution >= 4 is 61.7 Å². The number of epoxide rings is 2. The maximum Gasteiger partial charge on any atom is 1.00 e. The molecule has 4 aromatic carbocycles. The van der Waals surface area contributed by atoms with Crippen LogP contribution in [0.2, 0.25) is 0 Å². The number of ether oxygens (including phenoxy) is 3. The third kappa shape index (κ3) is 9.99. The van der Waals surface area contributed by atoms with Gasteiger partial charge in [-0.25, -0.2) is 0 Å². The number of para-hydroxylation sites is 2. The number of rotatable bonds is 5. The number of aromatic hydroxyl groups is 1. The van der Waals surface area contributed by atoms with Crippen LogP contribution >= 0.6 is 11.6 Å². The van der Waals surface area contributed by atoms with Crippen LogP contribution in [0.5, 0.6) is 11.5 Å². The van der Waals surface area contributed by atoms with E-state index in [4.69, 9.17) is 35.9 Å². The molecule has 0 radical (unpaired) electrons. The minimum Gasteiger partial charge on any atom is -1.00 e. The number of phenols is 1. The van der Waals surface area contributed by atoms with Crippen molar-refractivity contribution in [2.24, 2.45) is 0 Å². The van der Waals surface area contributed by atoms with E-state index in [-0.39, 0.29) is 117 Å². The molecule has 0 spiro atoms. The molecule has 0 unspecified atom stereocenters. The van der Waals surface area contributed by atoms with E-state index in [1.54, 1.807) is 6.07 Å². The minimum absolute atomic E-state index is 0. The molecule has 2 fully saturated rings. The second kappa shape index (κ2) is 18.2. The Hall–Kier alpha value is -1.01. The Kier molecular flexibility index (Phi) is 15.4. The number of phenolic OH excluding ortho intramolecular Hbond substituents is 1. The zero-order chi connectivity index (χ0) is 28.6. The van der Waals surface area contributed by atoms with E-state index in [0.29, 0.717) is 24.3 Å². The van der Waals surface area contributed by atoms with Gasteiger partial charge in [0.2, 0.25) is 0 Å². The van der Waals surface area contributed by atoms with Gasteiger partial charge in [-0.15, -0.1) is 11.6 Å². The summed E-state index contributed by atoms with van der Waals surface area (Å²) in [6, 6.07) is 27.9. The number of carbonyl (C=O) groups excluding carboxylic acids is 1. The molecule has 3 N–H and O–H groups in total. The van der Waals surface area contributed by atoms with Crippen molar-refractivity contribution in [3.8, 4) is 11.5 Å². The molecule has 0 amide bonds. The molecule has 0 aliphatic carbocycles. The fourth-order valence-corrected chi connectivity index (χ4v) is 4.55. The first-order valence-electron chi connectivity index (χ1n) is 12.9. The van der Waals surface area contributed by atoms with Crippen LogP contribution in [0.1, 0.15) is 1.43 Å². The zero-order valence-corrected chi connectivity index (χ0v) is 30.9. The van der Waals surface area contributed by atoms with E-state index in [0.717, 1.165) is 57.2 Å². The summed E-state index contributed by atoms with van der Waals surface area (Å²) in [7, 11) is 0. The van der Waals surface area contributed by atoms with E-state index < -0.39 is 0 Å². The Bertz CT molecular complexity index is 1760. The topological polar surface area (TPSA) is 135 Å². The van der Waals surface area contributed by atoms with Crippen LogP contribution in [0.3, 0.4) is 0 Å². The number of hydrogen-bond acceptors (Lipinski definition) is 7. The van der Waals surface area contributed by atoms with Crippen LogP contribution in [0.25, 0.3) is 43.6 Å². The van der Waals surface area contributed by atoms with Gasteiger partial charge >= 0.3 is 103 Å². The zero-order valence-electron chi connectivity index (χ0n) is 24.9. The summed E-state index contributed by atoms with van der Waals surface area (Å²) in [6.07, 6.45) is 0.683. The quantitative estimate of drug-likeness (QED) is 0.0559. The summed E-state index contributed by atoms with van der Waals surface area (Å²) in [5.74, 6) is 1.93. The molecule has 214 valence electrons. The van der Waals surface area contributed by atoms with E-state index in [9.17, 15) is 5.11 Å². The molecule has 0 bridgehead atoms. The number of carbonyl (C=O) groups is 1. The number of fused-ring (bicyclic) bond motifs is 6. The normalized spacial score (nSPS) is 15.8. The van der Waals surface area contributed by atoms with Crippen LogP contribution in [0.4, 0.5) is 0 Å². The molecule has 4 heterocycles.